The normalized spacial score (nSPS) is 10.3. The van der Waals surface area contributed by atoms with Gasteiger partial charge in [-0.3, -0.25) is 4.79 Å². The summed E-state index contributed by atoms with van der Waals surface area (Å²) in [7, 11) is 3.46. The Hall–Kier alpha value is -2.00. The van der Waals surface area contributed by atoms with Crippen molar-refractivity contribution in [3.63, 3.8) is 0 Å². The summed E-state index contributed by atoms with van der Waals surface area (Å²) in [5.74, 6) is 0.917. The minimum Gasteiger partial charge on any atom is -0.496 e. The van der Waals surface area contributed by atoms with E-state index in [-0.39, 0.29) is 5.91 Å². The summed E-state index contributed by atoms with van der Waals surface area (Å²) in [5.41, 5.74) is 2.12. The van der Waals surface area contributed by atoms with Gasteiger partial charge in [0.05, 0.1) is 7.11 Å². The Morgan fingerprint density at radius 2 is 1.82 bits per heavy atom. The maximum absolute atomic E-state index is 12.2. The Morgan fingerprint density at radius 3 is 2.50 bits per heavy atom. The summed E-state index contributed by atoms with van der Waals surface area (Å²) in [6.07, 6.45) is 1.19. The first-order valence-corrected chi connectivity index (χ1v) is 7.58. The number of hydrogen-bond donors (Lipinski definition) is 0. The number of hydrogen-bond acceptors (Lipinski definition) is 2. The van der Waals surface area contributed by atoms with Crippen molar-refractivity contribution >= 4 is 17.5 Å². The van der Waals surface area contributed by atoms with Gasteiger partial charge in [-0.1, -0.05) is 41.9 Å². The summed E-state index contributed by atoms with van der Waals surface area (Å²) in [6, 6.07) is 15.4. The number of rotatable bonds is 6. The van der Waals surface area contributed by atoms with Crippen molar-refractivity contribution in [1.82, 2.24) is 4.90 Å². The molecule has 3 nitrogen and oxygen atoms in total. The van der Waals surface area contributed by atoms with Crippen LogP contribution in [0.3, 0.4) is 0 Å². The Morgan fingerprint density at radius 1 is 1.14 bits per heavy atom. The highest BCUT2D eigenvalue weighted by Gasteiger charge is 2.11. The Bertz CT molecular complexity index is 625. The second kappa shape index (κ2) is 7.85. The van der Waals surface area contributed by atoms with Crippen LogP contribution < -0.4 is 4.74 Å². The quantitative estimate of drug-likeness (QED) is 0.807. The zero-order valence-electron chi connectivity index (χ0n) is 12.9. The fourth-order valence-corrected chi connectivity index (χ4v) is 2.40. The second-order valence-electron chi connectivity index (χ2n) is 5.19. The predicted octanol–water partition coefficient (Wildman–Crippen LogP) is 3.94. The van der Waals surface area contributed by atoms with Gasteiger partial charge in [0.25, 0.3) is 0 Å². The lowest BCUT2D eigenvalue weighted by atomic mass is 10.1. The highest BCUT2D eigenvalue weighted by Crippen LogP contribution is 2.19. The monoisotopic (exact) mass is 317 g/mol. The van der Waals surface area contributed by atoms with Crippen molar-refractivity contribution in [1.29, 1.82) is 0 Å². The van der Waals surface area contributed by atoms with E-state index in [4.69, 9.17) is 16.3 Å². The molecule has 4 heteroatoms. The van der Waals surface area contributed by atoms with Crippen molar-refractivity contribution in [2.45, 2.75) is 19.4 Å². The molecule has 0 radical (unpaired) electrons. The van der Waals surface area contributed by atoms with Gasteiger partial charge in [0.2, 0.25) is 5.91 Å². The van der Waals surface area contributed by atoms with Crippen LogP contribution in [-0.4, -0.2) is 25.0 Å². The molecule has 0 heterocycles. The maximum atomic E-state index is 12.2. The van der Waals surface area contributed by atoms with E-state index >= 15 is 0 Å². The molecule has 0 spiro atoms. The van der Waals surface area contributed by atoms with Crippen LogP contribution in [0.1, 0.15) is 17.5 Å². The first-order chi connectivity index (χ1) is 10.6. The van der Waals surface area contributed by atoms with Crippen LogP contribution in [0.15, 0.2) is 48.5 Å². The zero-order valence-corrected chi connectivity index (χ0v) is 13.6. The first-order valence-electron chi connectivity index (χ1n) is 7.20. The maximum Gasteiger partial charge on any atom is 0.222 e. The number of nitrogens with zero attached hydrogens (tertiary/aromatic N) is 1. The SMILES string of the molecule is COc1ccccc1CN(C)C(=O)CCc1ccc(Cl)cc1. The topological polar surface area (TPSA) is 29.5 Å². The molecule has 0 aliphatic heterocycles. The smallest absolute Gasteiger partial charge is 0.222 e. The lowest BCUT2D eigenvalue weighted by Gasteiger charge is -2.19. The summed E-state index contributed by atoms with van der Waals surface area (Å²) in [5, 5.41) is 0.711. The van der Waals surface area contributed by atoms with Gasteiger partial charge >= 0.3 is 0 Å². The van der Waals surface area contributed by atoms with E-state index in [1.165, 1.54) is 0 Å². The van der Waals surface area contributed by atoms with Gasteiger partial charge in [-0.25, -0.2) is 0 Å². The molecule has 0 N–H and O–H groups in total. The molecule has 0 fully saturated rings. The number of benzene rings is 2. The van der Waals surface area contributed by atoms with Crippen molar-refractivity contribution in [3.05, 3.63) is 64.7 Å². The number of carbonyl (C=O) groups is 1. The molecule has 0 saturated carbocycles. The molecule has 22 heavy (non-hydrogen) atoms. The molecule has 0 aliphatic rings. The van der Waals surface area contributed by atoms with E-state index in [9.17, 15) is 4.79 Å². The highest BCUT2D eigenvalue weighted by molar-refractivity contribution is 6.30. The van der Waals surface area contributed by atoms with Crippen molar-refractivity contribution in [3.8, 4) is 5.75 Å². The lowest BCUT2D eigenvalue weighted by molar-refractivity contribution is -0.130. The third-order valence-corrected chi connectivity index (χ3v) is 3.82. The van der Waals surface area contributed by atoms with E-state index in [0.717, 1.165) is 16.9 Å². The van der Waals surface area contributed by atoms with Gasteiger partial charge in [0.1, 0.15) is 5.75 Å². The highest BCUT2D eigenvalue weighted by atomic mass is 35.5. The molecule has 2 rings (SSSR count). The Balaban J connectivity index is 1.90. The fourth-order valence-electron chi connectivity index (χ4n) is 2.27. The number of para-hydroxylation sites is 1. The van der Waals surface area contributed by atoms with E-state index in [1.807, 2.05) is 55.6 Å². The second-order valence-corrected chi connectivity index (χ2v) is 5.62. The van der Waals surface area contributed by atoms with Gasteiger partial charge < -0.3 is 9.64 Å². The van der Waals surface area contributed by atoms with Crippen molar-refractivity contribution in [2.75, 3.05) is 14.2 Å². The molecule has 0 aromatic heterocycles. The molecule has 1 amide bonds. The third-order valence-electron chi connectivity index (χ3n) is 3.57. The molecular weight excluding hydrogens is 298 g/mol. The number of halogens is 1. The van der Waals surface area contributed by atoms with Crippen LogP contribution in [0.4, 0.5) is 0 Å². The van der Waals surface area contributed by atoms with Crippen LogP contribution in [0, 0.1) is 0 Å². The van der Waals surface area contributed by atoms with Crippen LogP contribution in [0.2, 0.25) is 5.02 Å². The van der Waals surface area contributed by atoms with E-state index in [2.05, 4.69) is 0 Å². The van der Waals surface area contributed by atoms with Crippen molar-refractivity contribution in [2.24, 2.45) is 0 Å². The zero-order chi connectivity index (χ0) is 15.9. The molecule has 0 atom stereocenters. The number of methoxy groups -OCH3 is 1. The van der Waals surface area contributed by atoms with Gasteiger partial charge in [0, 0.05) is 30.6 Å². The molecular formula is C18H20ClNO2. The van der Waals surface area contributed by atoms with Gasteiger partial charge in [0.15, 0.2) is 0 Å². The largest absolute Gasteiger partial charge is 0.496 e. The molecule has 2 aromatic carbocycles. The van der Waals surface area contributed by atoms with Crippen molar-refractivity contribution < 1.29 is 9.53 Å². The van der Waals surface area contributed by atoms with E-state index in [0.29, 0.717) is 24.4 Å². The van der Waals surface area contributed by atoms with E-state index < -0.39 is 0 Å². The van der Waals surface area contributed by atoms with Gasteiger partial charge in [-0.2, -0.15) is 0 Å². The number of amides is 1. The molecule has 116 valence electrons. The van der Waals surface area contributed by atoms with E-state index in [1.54, 1.807) is 12.0 Å². The third kappa shape index (κ3) is 4.50. The summed E-state index contributed by atoms with van der Waals surface area (Å²) >= 11 is 5.86. The number of aryl methyl sites for hydroxylation is 1. The average Bonchev–Trinajstić information content (AvgIpc) is 2.54. The van der Waals surface area contributed by atoms with Gasteiger partial charge in [-0.15, -0.1) is 0 Å². The fraction of sp³-hybridized carbons (Fsp3) is 0.278. The average molecular weight is 318 g/mol. The molecule has 0 bridgehead atoms. The molecule has 0 unspecified atom stereocenters. The summed E-state index contributed by atoms with van der Waals surface area (Å²) < 4.78 is 5.32. The lowest BCUT2D eigenvalue weighted by Crippen LogP contribution is -2.26. The van der Waals surface area contributed by atoms with Crippen LogP contribution in [-0.2, 0) is 17.8 Å². The first kappa shape index (κ1) is 16.4. The Kier molecular flexibility index (Phi) is 5.84. The Labute approximate surface area is 136 Å². The molecule has 0 saturated heterocycles. The van der Waals surface area contributed by atoms with Crippen LogP contribution >= 0.6 is 11.6 Å². The summed E-state index contributed by atoms with van der Waals surface area (Å²) in [6.45, 7) is 0.545. The van der Waals surface area contributed by atoms with Crippen LogP contribution in [0.5, 0.6) is 5.75 Å². The van der Waals surface area contributed by atoms with Crippen LogP contribution in [0.25, 0.3) is 0 Å². The number of ether oxygens (including phenoxy) is 1. The van der Waals surface area contributed by atoms with Gasteiger partial charge in [-0.05, 0) is 30.2 Å². The number of carbonyl (C=O) groups excluding carboxylic acids is 1. The molecule has 0 aliphatic carbocycles. The standard InChI is InChI=1S/C18H20ClNO2/c1-20(13-15-5-3-4-6-17(15)22-2)18(21)12-9-14-7-10-16(19)11-8-14/h3-8,10-11H,9,12-13H2,1-2H3. The summed E-state index contributed by atoms with van der Waals surface area (Å²) in [4.78, 5) is 14.0. The predicted molar refractivity (Wildman–Crippen MR) is 89.2 cm³/mol. The minimum absolute atomic E-state index is 0.112. The minimum atomic E-state index is 0.112. The molecule has 2 aromatic rings.